The number of carbonyl (C=O) groups excluding carboxylic acids is 2. The Bertz CT molecular complexity index is 1620. The average molecular weight is 650 g/mol. The number of nitro groups is 1. The lowest BCUT2D eigenvalue weighted by Crippen LogP contribution is -2.46. The second-order valence-corrected chi connectivity index (χ2v) is 10.6. The lowest BCUT2D eigenvalue weighted by molar-refractivity contribution is -0.385. The number of nitrogens with zero attached hydrogens (tertiary/aromatic N) is 4. The largest absolute Gasteiger partial charge is 0.493 e. The third-order valence-corrected chi connectivity index (χ3v) is 7.57. The topological polar surface area (TPSA) is 197 Å². The summed E-state index contributed by atoms with van der Waals surface area (Å²) in [6.45, 7) is 5.29. The summed E-state index contributed by atoms with van der Waals surface area (Å²) in [5, 5.41) is 14.1. The van der Waals surface area contributed by atoms with Crippen LogP contribution < -0.4 is 35.7 Å². The molecule has 0 aromatic heterocycles. The summed E-state index contributed by atoms with van der Waals surface area (Å²) in [5.74, 6) is 0.265. The molecule has 0 atom stereocenters. The van der Waals surface area contributed by atoms with Gasteiger partial charge in [-0.1, -0.05) is 18.2 Å². The first-order valence-corrected chi connectivity index (χ1v) is 14.8. The molecular weight excluding hydrogens is 610 g/mol. The summed E-state index contributed by atoms with van der Waals surface area (Å²) in [6, 6.07) is 13.8. The number of hydrogen-bond donors (Lipinski definition) is 3. The number of hydrogen-bond acceptors (Lipinski definition) is 10. The predicted molar refractivity (Wildman–Crippen MR) is 176 cm³/mol. The summed E-state index contributed by atoms with van der Waals surface area (Å²) in [4.78, 5) is 44.6. The first-order valence-electron chi connectivity index (χ1n) is 14.8. The number of amides is 2. The number of nitrogens with two attached hydrogens (primary N) is 2. The number of rotatable bonds is 14. The smallest absolute Gasteiger partial charge is 0.282 e. The van der Waals surface area contributed by atoms with Crippen molar-refractivity contribution in [2.24, 2.45) is 16.5 Å². The number of anilines is 1. The van der Waals surface area contributed by atoms with E-state index in [1.54, 1.807) is 21.3 Å². The van der Waals surface area contributed by atoms with Gasteiger partial charge < -0.3 is 40.6 Å². The first-order chi connectivity index (χ1) is 22.6. The molecule has 1 fully saturated rings. The highest BCUT2D eigenvalue weighted by Crippen LogP contribution is 2.40. The summed E-state index contributed by atoms with van der Waals surface area (Å²) in [7, 11) is 4.80. The van der Waals surface area contributed by atoms with Crippen molar-refractivity contribution in [1.29, 1.82) is 0 Å². The zero-order valence-electron chi connectivity index (χ0n) is 26.6. The summed E-state index contributed by atoms with van der Waals surface area (Å²) in [6.07, 6.45) is 0.690. The van der Waals surface area contributed by atoms with Crippen LogP contribution in [0.1, 0.15) is 32.7 Å². The van der Waals surface area contributed by atoms with E-state index in [0.29, 0.717) is 36.8 Å². The summed E-state index contributed by atoms with van der Waals surface area (Å²) >= 11 is 0. The van der Waals surface area contributed by atoms with Gasteiger partial charge in [0.25, 0.3) is 17.5 Å². The van der Waals surface area contributed by atoms with E-state index in [2.05, 4.69) is 20.1 Å². The number of nitro benzene ring substituents is 1. The lowest BCUT2D eigenvalue weighted by Gasteiger charge is -2.35. The lowest BCUT2D eigenvalue weighted by atomic mass is 10.1. The number of methoxy groups -OCH3 is 3. The van der Waals surface area contributed by atoms with Crippen LogP contribution in [0.5, 0.6) is 23.0 Å². The molecule has 1 aliphatic rings. The van der Waals surface area contributed by atoms with Gasteiger partial charge in [-0.15, -0.1) is 0 Å². The quantitative estimate of drug-likeness (QED) is 0.0760. The van der Waals surface area contributed by atoms with Crippen molar-refractivity contribution in [3.05, 3.63) is 81.4 Å². The van der Waals surface area contributed by atoms with E-state index in [0.717, 1.165) is 38.3 Å². The summed E-state index contributed by atoms with van der Waals surface area (Å²) < 4.78 is 22.6. The van der Waals surface area contributed by atoms with Crippen LogP contribution in [0.15, 0.2) is 59.6 Å². The van der Waals surface area contributed by atoms with E-state index in [1.165, 1.54) is 42.5 Å². The van der Waals surface area contributed by atoms with E-state index in [4.69, 9.17) is 30.4 Å². The summed E-state index contributed by atoms with van der Waals surface area (Å²) in [5.41, 5.74) is 11.4. The van der Waals surface area contributed by atoms with E-state index in [9.17, 15) is 19.7 Å². The molecule has 47 heavy (non-hydrogen) atoms. The molecule has 2 amide bonds. The fraction of sp³-hybridized carbons (Fsp3) is 0.344. The maximum absolute atomic E-state index is 13.1. The molecular formula is C32H39N7O8. The van der Waals surface area contributed by atoms with Gasteiger partial charge in [-0.3, -0.25) is 24.6 Å². The number of nitrogens with one attached hydrogen (secondary N) is 1. The zero-order chi connectivity index (χ0) is 33.9. The Kier molecular flexibility index (Phi) is 11.9. The monoisotopic (exact) mass is 649 g/mol. The van der Waals surface area contributed by atoms with Gasteiger partial charge >= 0.3 is 0 Å². The number of guanidine groups is 1. The van der Waals surface area contributed by atoms with Crippen LogP contribution in [0.4, 0.5) is 11.4 Å². The van der Waals surface area contributed by atoms with Crippen molar-refractivity contribution < 1.29 is 33.5 Å². The van der Waals surface area contributed by atoms with Crippen molar-refractivity contribution in [1.82, 2.24) is 9.80 Å². The Morgan fingerprint density at radius 2 is 1.60 bits per heavy atom. The maximum atomic E-state index is 13.1. The minimum absolute atomic E-state index is 0.0900. The van der Waals surface area contributed by atoms with Gasteiger partial charge in [-0.2, -0.15) is 4.99 Å². The molecule has 15 nitrogen and oxygen atoms in total. The van der Waals surface area contributed by atoms with Gasteiger partial charge in [-0.05, 0) is 36.8 Å². The highest BCUT2D eigenvalue weighted by molar-refractivity contribution is 6.09. The van der Waals surface area contributed by atoms with Gasteiger partial charge in [0, 0.05) is 56.5 Å². The molecule has 3 aromatic rings. The molecule has 1 saturated heterocycles. The molecule has 1 aliphatic heterocycles. The molecule has 0 saturated carbocycles. The molecule has 3 aromatic carbocycles. The van der Waals surface area contributed by atoms with Crippen molar-refractivity contribution in [2.45, 2.75) is 13.0 Å². The molecule has 1 heterocycles. The van der Waals surface area contributed by atoms with E-state index in [-0.39, 0.29) is 28.3 Å². The van der Waals surface area contributed by atoms with Crippen LogP contribution in [0.25, 0.3) is 0 Å². The van der Waals surface area contributed by atoms with E-state index < -0.39 is 22.7 Å². The van der Waals surface area contributed by atoms with Crippen LogP contribution in [0.3, 0.4) is 0 Å². The molecule has 250 valence electrons. The molecule has 15 heteroatoms. The van der Waals surface area contributed by atoms with Crippen LogP contribution in [-0.2, 0) is 6.54 Å². The average Bonchev–Trinajstić information content (AvgIpc) is 3.07. The molecule has 0 spiro atoms. The number of piperazine rings is 1. The van der Waals surface area contributed by atoms with Gasteiger partial charge in [-0.25, -0.2) is 0 Å². The number of aliphatic imine (C=N–C) groups is 1. The molecule has 0 unspecified atom stereocenters. The minimum Gasteiger partial charge on any atom is -0.493 e. The number of benzene rings is 3. The second-order valence-electron chi connectivity index (χ2n) is 10.6. The minimum atomic E-state index is -0.739. The van der Waals surface area contributed by atoms with Crippen molar-refractivity contribution in [3.8, 4) is 23.0 Å². The second kappa shape index (κ2) is 16.2. The van der Waals surface area contributed by atoms with Crippen molar-refractivity contribution >= 4 is 29.1 Å². The Labute approximate surface area is 272 Å². The number of carbonyl (C=O) groups is 2. The fourth-order valence-corrected chi connectivity index (χ4v) is 5.25. The number of para-hydroxylation sites is 1. The third-order valence-electron chi connectivity index (χ3n) is 7.57. The van der Waals surface area contributed by atoms with Crippen molar-refractivity contribution in [2.75, 3.05) is 66.0 Å². The van der Waals surface area contributed by atoms with Crippen LogP contribution in [-0.4, -0.2) is 93.2 Å². The Hall–Kier alpha value is -5.41. The van der Waals surface area contributed by atoms with Crippen LogP contribution >= 0.6 is 0 Å². The zero-order valence-corrected chi connectivity index (χ0v) is 26.6. The normalized spacial score (nSPS) is 13.3. The molecule has 0 bridgehead atoms. The Morgan fingerprint density at radius 3 is 2.26 bits per heavy atom. The first kappa shape index (κ1) is 34.5. The fourth-order valence-electron chi connectivity index (χ4n) is 5.25. The maximum Gasteiger partial charge on any atom is 0.282 e. The Morgan fingerprint density at radius 1 is 0.915 bits per heavy atom. The SMILES string of the molecule is COc1ccc(CN2CCN(CCCOc3ccc(C(=O)N=C(N)N)cc3NC(=O)c3ccccc3[N+](=O)[O-])CC2)c(OC)c1OC. The highest BCUT2D eigenvalue weighted by Gasteiger charge is 2.23. The molecule has 5 N–H and O–H groups in total. The molecule has 0 radical (unpaired) electrons. The van der Waals surface area contributed by atoms with Gasteiger partial charge in [0.15, 0.2) is 17.5 Å². The van der Waals surface area contributed by atoms with Crippen LogP contribution in [0.2, 0.25) is 0 Å². The Balaban J connectivity index is 1.35. The third kappa shape index (κ3) is 8.86. The number of ether oxygens (including phenoxy) is 4. The highest BCUT2D eigenvalue weighted by atomic mass is 16.6. The standard InChI is InChI=1S/C32H39N7O8/c1-44-27-12-10-22(28(45-2)29(27)46-3)20-38-16-14-37(15-17-38)13-6-18-47-26-11-9-21(30(40)36-32(33)34)19-24(26)35-31(41)23-7-4-5-8-25(23)39(42)43/h4-5,7-12,19H,6,13-18,20H2,1-3H3,(H,35,41)(H4,33,34,36,40). The van der Waals surface area contributed by atoms with E-state index in [1.807, 2.05) is 12.1 Å². The van der Waals surface area contributed by atoms with Gasteiger partial charge in [0.1, 0.15) is 11.3 Å². The predicted octanol–water partition coefficient (Wildman–Crippen LogP) is 2.87. The van der Waals surface area contributed by atoms with E-state index >= 15 is 0 Å². The van der Waals surface area contributed by atoms with Crippen LogP contribution in [0, 0.1) is 10.1 Å². The van der Waals surface area contributed by atoms with Crippen molar-refractivity contribution in [3.63, 3.8) is 0 Å². The molecule has 4 rings (SSSR count). The molecule has 0 aliphatic carbocycles. The van der Waals surface area contributed by atoms with Gasteiger partial charge in [0.2, 0.25) is 5.75 Å². The van der Waals surface area contributed by atoms with Gasteiger partial charge in [0.05, 0.1) is 38.5 Å².